The lowest BCUT2D eigenvalue weighted by atomic mass is 9.73. The predicted octanol–water partition coefficient (Wildman–Crippen LogP) is 9.02. The third-order valence-electron chi connectivity index (χ3n) is 5.60. The molecule has 2 aliphatic rings. The number of hydrogen-bond donors (Lipinski definition) is 1. The van der Waals surface area contributed by atoms with Crippen LogP contribution in [-0.4, -0.2) is 12.6 Å². The highest BCUT2D eigenvalue weighted by molar-refractivity contribution is 9.10. The van der Waals surface area contributed by atoms with Gasteiger partial charge in [0, 0.05) is 28.0 Å². The van der Waals surface area contributed by atoms with Crippen LogP contribution in [0.5, 0.6) is 0 Å². The van der Waals surface area contributed by atoms with Gasteiger partial charge >= 0.3 is 0 Å². The Bertz CT molecular complexity index is 674. The standard InChI is InChI=1S/C22H29BrClN.2C2H6/c1-4-6-15(7-5-2)21-20-16(11-18(24)12-19(20)23)8-9-17-10-14(3)13-25-22(17)21;2*1-2/h8-12,14-15,21-22,25H,4-7,13H2,1-3H3;2*1-2H3. The fourth-order valence-electron chi connectivity index (χ4n) is 4.62. The monoisotopic (exact) mass is 481 g/mol. The van der Waals surface area contributed by atoms with E-state index in [9.17, 15) is 0 Å². The third kappa shape index (κ3) is 6.71. The van der Waals surface area contributed by atoms with Crippen LogP contribution in [0.15, 0.2) is 34.3 Å². The van der Waals surface area contributed by atoms with Gasteiger partial charge in [-0.2, -0.15) is 0 Å². The van der Waals surface area contributed by atoms with Crippen molar-refractivity contribution in [3.05, 3.63) is 50.5 Å². The molecule has 0 aromatic heterocycles. The number of rotatable bonds is 5. The van der Waals surface area contributed by atoms with E-state index in [-0.39, 0.29) is 0 Å². The van der Waals surface area contributed by atoms with Crippen molar-refractivity contribution < 1.29 is 0 Å². The summed E-state index contributed by atoms with van der Waals surface area (Å²) in [5.74, 6) is 1.75. The van der Waals surface area contributed by atoms with Crippen molar-refractivity contribution in [1.82, 2.24) is 5.32 Å². The molecule has 29 heavy (non-hydrogen) atoms. The van der Waals surface area contributed by atoms with Gasteiger partial charge in [0.05, 0.1) is 0 Å². The van der Waals surface area contributed by atoms with Crippen molar-refractivity contribution in [2.45, 2.75) is 86.1 Å². The third-order valence-corrected chi connectivity index (χ3v) is 6.47. The Morgan fingerprint density at radius 2 is 1.69 bits per heavy atom. The van der Waals surface area contributed by atoms with E-state index in [2.05, 4.69) is 72.4 Å². The predicted molar refractivity (Wildman–Crippen MR) is 136 cm³/mol. The summed E-state index contributed by atoms with van der Waals surface area (Å²) in [6.07, 6.45) is 12.0. The van der Waals surface area contributed by atoms with Gasteiger partial charge in [0.1, 0.15) is 0 Å². The van der Waals surface area contributed by atoms with E-state index >= 15 is 0 Å². The summed E-state index contributed by atoms with van der Waals surface area (Å²) < 4.78 is 1.16. The van der Waals surface area contributed by atoms with Crippen molar-refractivity contribution in [2.75, 3.05) is 6.54 Å². The summed E-state index contributed by atoms with van der Waals surface area (Å²) in [6.45, 7) is 16.0. The first-order chi connectivity index (χ1) is 14.0. The fraction of sp³-hybridized carbons (Fsp3) is 0.615. The number of fused-ring (bicyclic) bond motifs is 2. The second-order valence-electron chi connectivity index (χ2n) is 7.62. The molecule has 0 bridgehead atoms. The van der Waals surface area contributed by atoms with Crippen molar-refractivity contribution in [1.29, 1.82) is 0 Å². The van der Waals surface area contributed by atoms with E-state index in [0.717, 1.165) is 16.0 Å². The van der Waals surface area contributed by atoms with E-state index in [0.29, 0.717) is 23.8 Å². The molecular weight excluding hydrogens is 442 g/mol. The van der Waals surface area contributed by atoms with Gasteiger partial charge in [0.25, 0.3) is 0 Å². The molecule has 0 amide bonds. The van der Waals surface area contributed by atoms with Gasteiger partial charge in [-0.1, -0.05) is 120 Å². The maximum absolute atomic E-state index is 6.37. The first-order valence-corrected chi connectivity index (χ1v) is 12.8. The van der Waals surface area contributed by atoms with Crippen LogP contribution in [0.4, 0.5) is 0 Å². The molecule has 3 rings (SSSR count). The Morgan fingerprint density at radius 1 is 1.07 bits per heavy atom. The summed E-state index contributed by atoms with van der Waals surface area (Å²) >= 11 is 10.2. The van der Waals surface area contributed by atoms with Gasteiger partial charge in [-0.15, -0.1) is 0 Å². The zero-order chi connectivity index (χ0) is 22.0. The minimum absolute atomic E-state index is 0.397. The Morgan fingerprint density at radius 3 is 2.28 bits per heavy atom. The van der Waals surface area contributed by atoms with Crippen LogP contribution in [-0.2, 0) is 0 Å². The highest BCUT2D eigenvalue weighted by atomic mass is 79.9. The van der Waals surface area contributed by atoms with Crippen molar-refractivity contribution in [3.63, 3.8) is 0 Å². The minimum atomic E-state index is 0.397. The van der Waals surface area contributed by atoms with Crippen LogP contribution in [0.25, 0.3) is 6.08 Å². The van der Waals surface area contributed by atoms with E-state index in [1.807, 2.05) is 27.7 Å². The minimum Gasteiger partial charge on any atom is -0.309 e. The van der Waals surface area contributed by atoms with Crippen LogP contribution in [0.3, 0.4) is 0 Å². The average molecular weight is 483 g/mol. The molecule has 1 aromatic rings. The molecule has 0 saturated heterocycles. The molecule has 3 unspecified atom stereocenters. The molecular formula is C26H41BrClN. The van der Waals surface area contributed by atoms with Crippen LogP contribution in [0.2, 0.25) is 5.02 Å². The van der Waals surface area contributed by atoms with Crippen molar-refractivity contribution in [3.8, 4) is 0 Å². The summed E-state index contributed by atoms with van der Waals surface area (Å²) in [5, 5.41) is 4.67. The number of hydrogen-bond acceptors (Lipinski definition) is 1. The van der Waals surface area contributed by atoms with Crippen molar-refractivity contribution in [2.24, 2.45) is 11.8 Å². The molecule has 3 atom stereocenters. The highest BCUT2D eigenvalue weighted by Crippen LogP contribution is 2.45. The number of halogens is 2. The molecule has 1 heterocycles. The number of benzene rings is 1. The molecule has 0 radical (unpaired) electrons. The van der Waals surface area contributed by atoms with Crippen LogP contribution >= 0.6 is 27.5 Å². The van der Waals surface area contributed by atoms with E-state index in [1.54, 1.807) is 0 Å². The second kappa shape index (κ2) is 13.7. The quantitative estimate of drug-likeness (QED) is 0.441. The van der Waals surface area contributed by atoms with Crippen LogP contribution < -0.4 is 5.32 Å². The molecule has 0 spiro atoms. The van der Waals surface area contributed by atoms with Gasteiger partial charge < -0.3 is 5.32 Å². The zero-order valence-electron chi connectivity index (χ0n) is 19.5. The van der Waals surface area contributed by atoms with Gasteiger partial charge in [-0.3, -0.25) is 0 Å². The van der Waals surface area contributed by atoms with Gasteiger partial charge in [0.2, 0.25) is 0 Å². The van der Waals surface area contributed by atoms with Crippen LogP contribution in [0, 0.1) is 11.8 Å². The number of nitrogens with one attached hydrogen (secondary N) is 1. The molecule has 1 aliphatic carbocycles. The smallest absolute Gasteiger partial charge is 0.0423 e. The first kappa shape index (κ1) is 26.5. The van der Waals surface area contributed by atoms with Gasteiger partial charge in [-0.25, -0.2) is 0 Å². The molecule has 0 saturated carbocycles. The van der Waals surface area contributed by atoms with E-state index in [4.69, 9.17) is 11.6 Å². The summed E-state index contributed by atoms with van der Waals surface area (Å²) in [7, 11) is 0. The molecule has 0 fully saturated rings. The molecule has 1 N–H and O–H groups in total. The van der Waals surface area contributed by atoms with Gasteiger partial charge in [-0.05, 0) is 40.7 Å². The lowest BCUT2D eigenvalue weighted by Gasteiger charge is -2.38. The second-order valence-corrected chi connectivity index (χ2v) is 8.91. The Balaban J connectivity index is 0.000000989. The lowest BCUT2D eigenvalue weighted by Crippen LogP contribution is -2.44. The molecule has 164 valence electrons. The fourth-order valence-corrected chi connectivity index (χ4v) is 5.71. The molecule has 1 aliphatic heterocycles. The Kier molecular flexibility index (Phi) is 12.5. The van der Waals surface area contributed by atoms with Crippen LogP contribution in [0.1, 0.15) is 91.2 Å². The molecule has 1 aromatic carbocycles. The first-order valence-electron chi connectivity index (χ1n) is 11.7. The maximum atomic E-state index is 6.37. The summed E-state index contributed by atoms with van der Waals surface area (Å²) in [4.78, 5) is 0. The Labute approximate surface area is 193 Å². The summed E-state index contributed by atoms with van der Waals surface area (Å²) in [6, 6.07) is 4.59. The largest absolute Gasteiger partial charge is 0.309 e. The van der Waals surface area contributed by atoms with E-state index in [1.165, 1.54) is 42.4 Å². The zero-order valence-corrected chi connectivity index (χ0v) is 21.8. The molecule has 3 heteroatoms. The normalized spacial score (nSPS) is 22.3. The lowest BCUT2D eigenvalue weighted by molar-refractivity contribution is 0.301. The summed E-state index contributed by atoms with van der Waals surface area (Å²) in [5.41, 5.74) is 4.15. The SMILES string of the molecule is CC.CC.CCCC(CCC)C1c2c(Br)cc(Cl)cc2C=CC2=CC(C)CNC21. The van der Waals surface area contributed by atoms with E-state index < -0.39 is 0 Å². The average Bonchev–Trinajstić information content (AvgIpc) is 2.88. The van der Waals surface area contributed by atoms with Crippen molar-refractivity contribution >= 4 is 33.6 Å². The maximum Gasteiger partial charge on any atom is 0.0423 e. The highest BCUT2D eigenvalue weighted by Gasteiger charge is 2.37. The van der Waals surface area contributed by atoms with Gasteiger partial charge in [0.15, 0.2) is 0 Å². The topological polar surface area (TPSA) is 12.0 Å². The molecule has 1 nitrogen and oxygen atoms in total. The Hall–Kier alpha value is -0.570.